The van der Waals surface area contributed by atoms with Crippen molar-refractivity contribution in [2.45, 2.75) is 0 Å². The van der Waals surface area contributed by atoms with Crippen LogP contribution in [0.5, 0.6) is 5.88 Å². The molecule has 0 unspecified atom stereocenters. The molecule has 3 aromatic heterocycles. The Morgan fingerprint density at radius 3 is 2.75 bits per heavy atom. The van der Waals surface area contributed by atoms with Gasteiger partial charge in [0.25, 0.3) is 0 Å². The minimum absolute atomic E-state index is 0. The number of hydrogen-bond acceptors (Lipinski definition) is 7. The van der Waals surface area contributed by atoms with E-state index in [1.165, 1.54) is 42.5 Å². The predicted molar refractivity (Wildman–Crippen MR) is 113 cm³/mol. The molecule has 4 rings (SSSR count). The number of thiol groups is 1. The number of anilines is 1. The molecule has 162 valence electrons. The maximum Gasteiger partial charge on any atom is -0.813 e. The Morgan fingerprint density at radius 1 is 1.25 bits per heavy atom. The van der Waals surface area contributed by atoms with Crippen LogP contribution in [0.1, 0.15) is 10.5 Å². The monoisotopic (exact) mass is 666 g/mol. The molecule has 0 saturated heterocycles. The molecule has 8 nitrogen and oxygen atoms in total. The number of ether oxygens (including phenoxy) is 1. The van der Waals surface area contributed by atoms with Crippen LogP contribution in [0.15, 0.2) is 43.1 Å². The Kier molecular flexibility index (Phi) is 7.52. The van der Waals surface area contributed by atoms with Gasteiger partial charge in [-0.05, 0) is 0 Å². The third-order valence-corrected chi connectivity index (χ3v) is 10.3. The molecule has 0 radical (unpaired) electrons. The first-order valence-corrected chi connectivity index (χ1v) is 14.7. The summed E-state index contributed by atoms with van der Waals surface area (Å²) in [6.45, 7) is 0. The summed E-state index contributed by atoms with van der Waals surface area (Å²) in [7, 11) is 1.48. The second kappa shape index (κ2) is 9.96. The number of imidazole rings is 1. The normalized spacial score (nSPS) is 10.4. The molecule has 1 aromatic carbocycles. The summed E-state index contributed by atoms with van der Waals surface area (Å²) in [4.78, 5) is 23.1. The van der Waals surface area contributed by atoms with Gasteiger partial charge in [0.1, 0.15) is 0 Å². The van der Waals surface area contributed by atoms with Gasteiger partial charge >= 0.3 is 192 Å². The van der Waals surface area contributed by atoms with Crippen molar-refractivity contribution in [2.75, 3.05) is 10.2 Å². The maximum absolute atomic E-state index is 15.2. The molecular formula is C19H13ClF2HgN5O3S-. The Balaban J connectivity index is 0.00000289. The van der Waals surface area contributed by atoms with E-state index in [1.54, 1.807) is 6.07 Å². The number of benzene rings is 1. The number of nitrogens with zero attached hydrogens (tertiary/aromatic N) is 4. The van der Waals surface area contributed by atoms with Crippen LogP contribution in [-0.2, 0) is 38.4 Å². The molecule has 0 fully saturated rings. The number of carboxylic acids is 1. The van der Waals surface area contributed by atoms with Gasteiger partial charge in [-0.2, -0.15) is 0 Å². The zero-order valence-corrected chi connectivity index (χ0v) is 23.5. The average Bonchev–Trinajstić information content (AvgIpc) is 3.17. The van der Waals surface area contributed by atoms with Crippen molar-refractivity contribution in [1.29, 1.82) is 0 Å². The van der Waals surface area contributed by atoms with Crippen LogP contribution in [0.3, 0.4) is 0 Å². The molecule has 0 atom stereocenters. The van der Waals surface area contributed by atoms with E-state index in [1.807, 2.05) is 0 Å². The van der Waals surface area contributed by atoms with Gasteiger partial charge in [-0.25, -0.2) is 0 Å². The van der Waals surface area contributed by atoms with Gasteiger partial charge in [0, 0.05) is 0 Å². The number of carboxylic acid groups (broad SMARTS) is 1. The number of hydrogen-bond donors (Lipinski definition) is 2. The van der Waals surface area contributed by atoms with Gasteiger partial charge in [0.15, 0.2) is 0 Å². The minimum Gasteiger partial charge on any atom is -0.813 e. The van der Waals surface area contributed by atoms with E-state index in [0.717, 1.165) is 9.14 Å². The van der Waals surface area contributed by atoms with Crippen molar-refractivity contribution < 1.29 is 48.3 Å². The number of aromatic nitrogens is 4. The quantitative estimate of drug-likeness (QED) is 0.184. The largest absolute Gasteiger partial charge is 0.813 e. The van der Waals surface area contributed by atoms with Gasteiger partial charge in [-0.1, -0.05) is 0 Å². The van der Waals surface area contributed by atoms with E-state index < -0.39 is 42.5 Å². The SMILES string of the molecule is COc1ncc(Cl)c[c]1[Hg][NH]c1ccc(F)c(-c2cn3cnc(C(=O)O)c3cn2)c1F.[SH-]. The van der Waals surface area contributed by atoms with Crippen LogP contribution in [0.2, 0.25) is 5.02 Å². The summed E-state index contributed by atoms with van der Waals surface area (Å²) in [5, 5.41) is 9.58. The van der Waals surface area contributed by atoms with E-state index >= 15 is 4.39 Å². The number of rotatable bonds is 6. The van der Waals surface area contributed by atoms with Gasteiger partial charge in [0.05, 0.1) is 0 Å². The number of fused-ring (bicyclic) bond motifs is 1. The summed E-state index contributed by atoms with van der Waals surface area (Å²) in [6, 6.07) is 4.18. The number of nitrogens with one attached hydrogen (secondary N) is 1. The van der Waals surface area contributed by atoms with Crippen LogP contribution < -0.4 is 10.9 Å². The molecule has 0 spiro atoms. The summed E-state index contributed by atoms with van der Waals surface area (Å²) >= 11 is 3.80. The van der Waals surface area contributed by atoms with Gasteiger partial charge < -0.3 is 13.5 Å². The Labute approximate surface area is 204 Å². The minimum atomic E-state index is -2.19. The average molecular weight is 665 g/mol. The molecule has 4 aromatic rings. The molecule has 3 heterocycles. The number of aromatic carboxylic acids is 1. The van der Waals surface area contributed by atoms with Crippen molar-refractivity contribution in [3.05, 3.63) is 65.5 Å². The van der Waals surface area contributed by atoms with Crippen LogP contribution in [0, 0.1) is 11.6 Å². The molecule has 0 bridgehead atoms. The summed E-state index contributed by atoms with van der Waals surface area (Å²) < 4.78 is 40.2. The molecule has 2 N–H and O–H groups in total. The maximum atomic E-state index is 15.2. The Morgan fingerprint density at radius 2 is 2.03 bits per heavy atom. The predicted octanol–water partition coefficient (Wildman–Crippen LogP) is 2.89. The topological polar surface area (TPSA) is 102 Å². The van der Waals surface area contributed by atoms with Gasteiger partial charge in [-0.3, -0.25) is 0 Å². The molecule has 0 saturated carbocycles. The zero-order chi connectivity index (χ0) is 22.1. The number of halogens is 3. The van der Waals surface area contributed by atoms with Gasteiger partial charge in [0.2, 0.25) is 0 Å². The van der Waals surface area contributed by atoms with Crippen LogP contribution in [0.25, 0.3) is 16.8 Å². The summed E-state index contributed by atoms with van der Waals surface area (Å²) in [5.41, 5.74) is -0.196. The van der Waals surface area contributed by atoms with Crippen molar-refractivity contribution >= 4 is 45.3 Å². The van der Waals surface area contributed by atoms with Crippen molar-refractivity contribution in [3.8, 4) is 17.1 Å². The van der Waals surface area contributed by atoms with E-state index in [2.05, 4.69) is 18.0 Å². The Bertz CT molecular complexity index is 1320. The van der Waals surface area contributed by atoms with E-state index in [-0.39, 0.29) is 41.7 Å². The first-order chi connectivity index (χ1) is 14.9. The third kappa shape index (κ3) is 4.64. The number of carbonyl (C=O) groups is 1. The fraction of sp³-hybridized carbons (Fsp3) is 0.0526. The van der Waals surface area contributed by atoms with E-state index in [0.29, 0.717) is 10.9 Å². The van der Waals surface area contributed by atoms with Crippen LogP contribution in [-0.4, -0.2) is 37.5 Å². The fourth-order valence-electron chi connectivity index (χ4n) is 3.08. The van der Waals surface area contributed by atoms with E-state index in [4.69, 9.17) is 21.4 Å². The second-order valence-corrected chi connectivity index (χ2v) is 12.6. The number of methoxy groups -OCH3 is 1. The van der Waals surface area contributed by atoms with Crippen molar-refractivity contribution in [2.24, 2.45) is 0 Å². The van der Waals surface area contributed by atoms with Crippen molar-refractivity contribution in [3.63, 3.8) is 0 Å². The van der Waals surface area contributed by atoms with Crippen LogP contribution >= 0.6 is 11.6 Å². The molecule has 32 heavy (non-hydrogen) atoms. The summed E-state index contributed by atoms with van der Waals surface area (Å²) in [5.74, 6) is -2.41. The number of pyridine rings is 1. The third-order valence-electron chi connectivity index (χ3n) is 4.52. The molecule has 0 aliphatic rings. The van der Waals surface area contributed by atoms with E-state index in [9.17, 15) is 9.18 Å². The first kappa shape index (κ1) is 24.1. The molecular weight excluding hydrogens is 652 g/mol. The second-order valence-electron chi connectivity index (χ2n) is 6.42. The fourth-order valence-corrected chi connectivity index (χ4v) is 9.07. The zero-order valence-electron chi connectivity index (χ0n) is 16.4. The molecule has 0 amide bonds. The smallest absolute Gasteiger partial charge is 0.813 e. The molecule has 0 aliphatic heterocycles. The Hall–Kier alpha value is -2.50. The molecule has 0 aliphatic carbocycles. The van der Waals surface area contributed by atoms with Crippen molar-refractivity contribution in [1.82, 2.24) is 19.4 Å². The van der Waals surface area contributed by atoms with Crippen LogP contribution in [0.4, 0.5) is 14.5 Å². The first-order valence-electron chi connectivity index (χ1n) is 8.85. The standard InChI is InChI=1S/C13H7F2N4O2.C6H5ClNO.Hg.H2S/c14-6-1-2-7(16)11(15)10(6)8-4-19-5-18-12(13(20)21)9(19)3-17-8;1-9-6-3-2-5(7)4-8-6;;/h1-5,16H,(H,20,21);2,4H,1H3;;1H2/q-1;;+1;/p-1. The molecule has 13 heteroatoms. The summed E-state index contributed by atoms with van der Waals surface area (Å²) in [6.07, 6.45) is 5.25. The van der Waals surface area contributed by atoms with Gasteiger partial charge in [-0.15, -0.1) is 0 Å².